The van der Waals surface area contributed by atoms with Crippen LogP contribution in [0.2, 0.25) is 0 Å². The Bertz CT molecular complexity index is 346. The molecular formula is C9H10BrN3S. The van der Waals surface area contributed by atoms with Crippen molar-refractivity contribution in [1.29, 1.82) is 0 Å². The van der Waals surface area contributed by atoms with Crippen molar-refractivity contribution in [3.05, 3.63) is 34.3 Å². The summed E-state index contributed by atoms with van der Waals surface area (Å²) in [5, 5.41) is 8.08. The highest BCUT2D eigenvalue weighted by Crippen LogP contribution is 2.09. The van der Waals surface area contributed by atoms with Gasteiger partial charge in [0.25, 0.3) is 0 Å². The number of rotatable bonds is 2. The predicted molar refractivity (Wildman–Crippen MR) is 66.9 cm³/mol. The molecule has 0 saturated carbocycles. The molecule has 1 aromatic carbocycles. The van der Waals surface area contributed by atoms with Gasteiger partial charge < -0.3 is 5.73 Å². The Kier molecular flexibility index (Phi) is 4.69. The Labute approximate surface area is 95.6 Å². The van der Waals surface area contributed by atoms with Crippen LogP contribution in [0.1, 0.15) is 5.56 Å². The average molecular weight is 272 g/mol. The van der Waals surface area contributed by atoms with E-state index in [-0.39, 0.29) is 0 Å². The van der Waals surface area contributed by atoms with Crippen LogP contribution in [-0.2, 0) is 0 Å². The lowest BCUT2D eigenvalue weighted by Gasteiger charge is -1.92. The Morgan fingerprint density at radius 2 is 2.07 bits per heavy atom. The van der Waals surface area contributed by atoms with E-state index in [0.717, 1.165) is 10.0 Å². The van der Waals surface area contributed by atoms with E-state index in [4.69, 9.17) is 5.73 Å². The van der Waals surface area contributed by atoms with Gasteiger partial charge in [0.15, 0.2) is 5.17 Å². The van der Waals surface area contributed by atoms with Crippen molar-refractivity contribution in [3.63, 3.8) is 0 Å². The van der Waals surface area contributed by atoms with E-state index >= 15 is 0 Å². The second kappa shape index (κ2) is 5.82. The largest absolute Gasteiger partial charge is 0.377 e. The maximum Gasteiger partial charge on any atom is 0.180 e. The number of nitrogens with zero attached hydrogens (tertiary/aromatic N) is 2. The summed E-state index contributed by atoms with van der Waals surface area (Å²) < 4.78 is 1.04. The van der Waals surface area contributed by atoms with Crippen molar-refractivity contribution >= 4 is 39.1 Å². The fourth-order valence-corrected chi connectivity index (χ4v) is 1.14. The van der Waals surface area contributed by atoms with Crippen LogP contribution < -0.4 is 5.73 Å². The summed E-state index contributed by atoms with van der Waals surface area (Å²) in [5.74, 6) is 0. The molecule has 74 valence electrons. The molecular weight excluding hydrogens is 262 g/mol. The molecule has 0 heterocycles. The molecule has 2 N–H and O–H groups in total. The highest BCUT2D eigenvalue weighted by atomic mass is 79.9. The van der Waals surface area contributed by atoms with E-state index in [9.17, 15) is 0 Å². The molecule has 1 rings (SSSR count). The zero-order valence-corrected chi connectivity index (χ0v) is 10.0. The van der Waals surface area contributed by atoms with Crippen LogP contribution in [0, 0.1) is 0 Å². The van der Waals surface area contributed by atoms with Gasteiger partial charge in [0, 0.05) is 4.47 Å². The average Bonchev–Trinajstić information content (AvgIpc) is 2.21. The smallest absolute Gasteiger partial charge is 0.180 e. The maximum absolute atomic E-state index is 5.45. The number of amidine groups is 1. The molecule has 0 radical (unpaired) electrons. The first kappa shape index (κ1) is 11.3. The number of hydrogen-bond acceptors (Lipinski definition) is 3. The highest BCUT2D eigenvalue weighted by molar-refractivity contribution is 9.10. The van der Waals surface area contributed by atoms with Gasteiger partial charge in [-0.05, 0) is 24.0 Å². The van der Waals surface area contributed by atoms with E-state index in [0.29, 0.717) is 5.17 Å². The van der Waals surface area contributed by atoms with Crippen LogP contribution in [0.5, 0.6) is 0 Å². The third-order valence-corrected chi connectivity index (χ3v) is 2.47. The summed E-state index contributed by atoms with van der Waals surface area (Å²) in [6.45, 7) is 0. The molecule has 0 amide bonds. The SMILES string of the molecule is CSC(N)=NN=Cc1ccc(Br)cc1. The van der Waals surface area contributed by atoms with E-state index in [1.54, 1.807) is 6.21 Å². The van der Waals surface area contributed by atoms with Crippen LogP contribution in [-0.4, -0.2) is 17.6 Å². The van der Waals surface area contributed by atoms with Gasteiger partial charge in [-0.25, -0.2) is 0 Å². The number of benzene rings is 1. The number of thioether (sulfide) groups is 1. The third kappa shape index (κ3) is 3.93. The second-order valence-corrected chi connectivity index (χ2v) is 4.18. The first-order chi connectivity index (χ1) is 6.72. The van der Waals surface area contributed by atoms with Crippen LogP contribution in [0.3, 0.4) is 0 Å². The molecule has 0 saturated heterocycles. The minimum atomic E-state index is 0.457. The van der Waals surface area contributed by atoms with Gasteiger partial charge in [-0.2, -0.15) is 5.10 Å². The van der Waals surface area contributed by atoms with E-state index in [2.05, 4.69) is 26.1 Å². The monoisotopic (exact) mass is 271 g/mol. The van der Waals surface area contributed by atoms with Crippen molar-refractivity contribution in [2.24, 2.45) is 15.9 Å². The molecule has 0 bridgehead atoms. The molecule has 0 spiro atoms. The normalized spacial score (nSPS) is 12.3. The summed E-state index contributed by atoms with van der Waals surface area (Å²) in [5.41, 5.74) is 6.44. The van der Waals surface area contributed by atoms with Crippen molar-refractivity contribution in [2.75, 3.05) is 6.26 Å². The van der Waals surface area contributed by atoms with Gasteiger partial charge in [0.2, 0.25) is 0 Å². The summed E-state index contributed by atoms with van der Waals surface area (Å²) >= 11 is 4.72. The maximum atomic E-state index is 5.45. The standard InChI is InChI=1S/C9H10BrN3S/c1-14-9(11)13-12-6-7-2-4-8(10)5-3-7/h2-6H,1H3,(H2,11,13). The van der Waals surface area contributed by atoms with Gasteiger partial charge >= 0.3 is 0 Å². The minimum absolute atomic E-state index is 0.457. The van der Waals surface area contributed by atoms with Gasteiger partial charge in [-0.15, -0.1) is 5.10 Å². The Morgan fingerprint density at radius 3 is 2.64 bits per heavy atom. The van der Waals surface area contributed by atoms with Crippen molar-refractivity contribution < 1.29 is 0 Å². The first-order valence-corrected chi connectivity index (χ1v) is 5.90. The summed E-state index contributed by atoms with van der Waals surface area (Å²) in [4.78, 5) is 0. The lowest BCUT2D eigenvalue weighted by molar-refractivity contribution is 1.25. The topological polar surface area (TPSA) is 50.7 Å². The lowest BCUT2D eigenvalue weighted by atomic mass is 10.2. The second-order valence-electron chi connectivity index (χ2n) is 2.44. The zero-order chi connectivity index (χ0) is 10.4. The molecule has 0 aliphatic rings. The van der Waals surface area contributed by atoms with Crippen LogP contribution in [0.15, 0.2) is 38.9 Å². The molecule has 0 atom stereocenters. The van der Waals surface area contributed by atoms with Crippen LogP contribution in [0.25, 0.3) is 0 Å². The lowest BCUT2D eigenvalue weighted by Crippen LogP contribution is -2.03. The number of hydrogen-bond donors (Lipinski definition) is 1. The van der Waals surface area contributed by atoms with E-state index in [1.165, 1.54) is 11.8 Å². The van der Waals surface area contributed by atoms with E-state index in [1.807, 2.05) is 30.5 Å². The van der Waals surface area contributed by atoms with Crippen LogP contribution in [0.4, 0.5) is 0 Å². The molecule has 0 fully saturated rings. The Balaban J connectivity index is 2.65. The highest BCUT2D eigenvalue weighted by Gasteiger charge is 1.87. The summed E-state index contributed by atoms with van der Waals surface area (Å²) in [6, 6.07) is 7.78. The Morgan fingerprint density at radius 1 is 1.43 bits per heavy atom. The van der Waals surface area contributed by atoms with Crippen molar-refractivity contribution in [3.8, 4) is 0 Å². The molecule has 0 aromatic heterocycles. The van der Waals surface area contributed by atoms with E-state index < -0.39 is 0 Å². The van der Waals surface area contributed by atoms with Gasteiger partial charge in [-0.3, -0.25) is 0 Å². The fourth-order valence-electron chi connectivity index (χ4n) is 0.742. The molecule has 3 nitrogen and oxygen atoms in total. The number of halogens is 1. The molecule has 0 aliphatic heterocycles. The fraction of sp³-hybridized carbons (Fsp3) is 0.111. The summed E-state index contributed by atoms with van der Waals surface area (Å²) in [6.07, 6.45) is 3.52. The molecule has 0 unspecified atom stereocenters. The zero-order valence-electron chi connectivity index (χ0n) is 7.64. The third-order valence-electron chi connectivity index (χ3n) is 1.44. The minimum Gasteiger partial charge on any atom is -0.377 e. The number of nitrogens with two attached hydrogens (primary N) is 1. The van der Waals surface area contributed by atoms with Crippen molar-refractivity contribution in [2.45, 2.75) is 0 Å². The first-order valence-electron chi connectivity index (χ1n) is 3.88. The van der Waals surface area contributed by atoms with Gasteiger partial charge in [0.05, 0.1) is 6.21 Å². The van der Waals surface area contributed by atoms with Crippen LogP contribution >= 0.6 is 27.7 Å². The van der Waals surface area contributed by atoms with Gasteiger partial charge in [0.1, 0.15) is 0 Å². The summed E-state index contributed by atoms with van der Waals surface area (Å²) in [7, 11) is 0. The Hall–Kier alpha value is -0.810. The quantitative estimate of drug-likeness (QED) is 0.511. The van der Waals surface area contributed by atoms with Gasteiger partial charge in [-0.1, -0.05) is 39.8 Å². The molecule has 5 heteroatoms. The molecule has 14 heavy (non-hydrogen) atoms. The molecule has 0 aliphatic carbocycles. The molecule has 1 aromatic rings. The van der Waals surface area contributed by atoms with Crippen molar-refractivity contribution in [1.82, 2.24) is 0 Å². The predicted octanol–water partition coefficient (Wildman–Crippen LogP) is 2.46.